The van der Waals surface area contributed by atoms with Gasteiger partial charge in [0.05, 0.1) is 7.11 Å². The van der Waals surface area contributed by atoms with E-state index in [1.165, 1.54) is 7.11 Å². The van der Waals surface area contributed by atoms with Gasteiger partial charge in [0.25, 0.3) is 0 Å². The lowest BCUT2D eigenvalue weighted by Gasteiger charge is -2.13. The van der Waals surface area contributed by atoms with Gasteiger partial charge in [0.15, 0.2) is 0 Å². The van der Waals surface area contributed by atoms with E-state index in [1.807, 2.05) is 13.8 Å². The minimum Gasteiger partial charge on any atom is -0.469 e. The number of ether oxygens (including phenoxy) is 1. The monoisotopic (exact) mass is 148 g/mol. The van der Waals surface area contributed by atoms with E-state index in [9.17, 15) is 4.79 Å². The fraction of sp³-hybridized carbons (Fsp3) is 0.833. The van der Waals surface area contributed by atoms with Crippen molar-refractivity contribution in [3.05, 3.63) is 0 Å². The van der Waals surface area contributed by atoms with Crippen LogP contribution in [0.4, 0.5) is 0 Å². The summed E-state index contributed by atoms with van der Waals surface area (Å²) in [5.74, 6) is -0.107. The summed E-state index contributed by atoms with van der Waals surface area (Å²) in [5.41, 5.74) is 0. The molecule has 0 rings (SSSR count). The largest absolute Gasteiger partial charge is 0.469 e. The molecule has 0 radical (unpaired) electrons. The van der Waals surface area contributed by atoms with Crippen molar-refractivity contribution in [2.24, 2.45) is 0 Å². The van der Waals surface area contributed by atoms with Crippen LogP contribution < -0.4 is 0 Å². The summed E-state index contributed by atoms with van der Waals surface area (Å²) in [7, 11) is 2.27. The lowest BCUT2D eigenvalue weighted by molar-refractivity contribution is -0.143. The van der Waals surface area contributed by atoms with Gasteiger partial charge in [0.1, 0.15) is 0 Å². The molecule has 0 aromatic carbocycles. The third-order valence-corrected chi connectivity index (χ3v) is 1.21. The standard InChI is InChI=1S/C5H12O2Si.CH4/c1-5(2,8)4(6)7-3;/h1-3,8H3;1H4. The summed E-state index contributed by atoms with van der Waals surface area (Å²) in [6.07, 6.45) is 0. The van der Waals surface area contributed by atoms with Crippen LogP contribution in [0.1, 0.15) is 21.3 Å². The van der Waals surface area contributed by atoms with Gasteiger partial charge in [-0.2, -0.15) is 0 Å². The zero-order valence-electron chi connectivity index (χ0n) is 5.82. The summed E-state index contributed by atoms with van der Waals surface area (Å²) in [5, 5.41) is -0.214. The maximum Gasteiger partial charge on any atom is 0.307 e. The van der Waals surface area contributed by atoms with Gasteiger partial charge < -0.3 is 4.74 Å². The number of rotatable bonds is 1. The van der Waals surface area contributed by atoms with Gasteiger partial charge in [-0.1, -0.05) is 21.3 Å². The Balaban J connectivity index is 0. The van der Waals surface area contributed by atoms with E-state index in [0.717, 1.165) is 10.2 Å². The minimum absolute atomic E-state index is 0. The number of methoxy groups -OCH3 is 1. The molecule has 0 unspecified atom stereocenters. The molecule has 3 heteroatoms. The summed E-state index contributed by atoms with van der Waals surface area (Å²) >= 11 is 0. The van der Waals surface area contributed by atoms with Crippen molar-refractivity contribution in [3.8, 4) is 0 Å². The third-order valence-electron chi connectivity index (χ3n) is 0.798. The second-order valence-corrected chi connectivity index (χ2v) is 5.24. The van der Waals surface area contributed by atoms with Crippen molar-refractivity contribution in [1.29, 1.82) is 0 Å². The van der Waals surface area contributed by atoms with Crippen LogP contribution >= 0.6 is 0 Å². The first kappa shape index (κ1) is 11.5. The van der Waals surface area contributed by atoms with Crippen LogP contribution in [0.5, 0.6) is 0 Å². The first-order valence-electron chi connectivity index (χ1n) is 2.57. The van der Waals surface area contributed by atoms with Crippen LogP contribution in [0.3, 0.4) is 0 Å². The highest BCUT2D eigenvalue weighted by Gasteiger charge is 2.20. The van der Waals surface area contributed by atoms with Crippen LogP contribution in [0.25, 0.3) is 0 Å². The Hall–Kier alpha value is -0.313. The summed E-state index contributed by atoms with van der Waals surface area (Å²) in [6.45, 7) is 3.76. The molecule has 0 N–H and O–H groups in total. The molecular formula is C6H16O2Si. The average Bonchev–Trinajstić information content (AvgIpc) is 1.62. The summed E-state index contributed by atoms with van der Waals surface area (Å²) in [4.78, 5) is 10.6. The quantitative estimate of drug-likeness (QED) is 0.396. The zero-order valence-corrected chi connectivity index (χ0v) is 7.82. The van der Waals surface area contributed by atoms with Crippen molar-refractivity contribution in [3.63, 3.8) is 0 Å². The van der Waals surface area contributed by atoms with Crippen LogP contribution in [-0.4, -0.2) is 23.3 Å². The Labute approximate surface area is 60.0 Å². The predicted molar refractivity (Wildman–Crippen MR) is 42.7 cm³/mol. The molecule has 2 nitrogen and oxygen atoms in total. The molecule has 0 atom stereocenters. The molecule has 0 aromatic heterocycles. The van der Waals surface area contributed by atoms with Gasteiger partial charge in [-0.05, 0) is 0 Å². The molecule has 0 amide bonds. The van der Waals surface area contributed by atoms with E-state index in [-0.39, 0.29) is 18.4 Å². The average molecular weight is 148 g/mol. The molecule has 0 spiro atoms. The lowest BCUT2D eigenvalue weighted by Crippen LogP contribution is -2.18. The van der Waals surface area contributed by atoms with Gasteiger partial charge in [-0.3, -0.25) is 4.79 Å². The normalized spacial score (nSPS) is 10.1. The molecular weight excluding hydrogens is 132 g/mol. The van der Waals surface area contributed by atoms with Crippen LogP contribution in [0.15, 0.2) is 0 Å². The van der Waals surface area contributed by atoms with E-state index in [2.05, 4.69) is 4.74 Å². The molecule has 0 heterocycles. The highest BCUT2D eigenvalue weighted by atomic mass is 28.1. The zero-order chi connectivity index (χ0) is 6.78. The molecule has 0 aliphatic carbocycles. The smallest absolute Gasteiger partial charge is 0.307 e. The van der Waals surface area contributed by atoms with Crippen LogP contribution in [0, 0.1) is 0 Å². The van der Waals surface area contributed by atoms with Crippen molar-refractivity contribution >= 4 is 16.2 Å². The van der Waals surface area contributed by atoms with Crippen LogP contribution in [-0.2, 0) is 9.53 Å². The number of carbonyl (C=O) groups is 1. The molecule has 9 heavy (non-hydrogen) atoms. The topological polar surface area (TPSA) is 26.3 Å². The Kier molecular flexibility index (Phi) is 4.67. The fourth-order valence-electron chi connectivity index (χ4n) is 0.306. The number of hydrogen-bond donors (Lipinski definition) is 0. The first-order valence-corrected chi connectivity index (χ1v) is 3.57. The molecule has 0 aliphatic rings. The van der Waals surface area contributed by atoms with Gasteiger partial charge >= 0.3 is 5.97 Å². The van der Waals surface area contributed by atoms with Gasteiger partial charge in [-0.15, -0.1) is 0 Å². The second-order valence-electron chi connectivity index (χ2n) is 2.74. The number of hydrogen-bond acceptors (Lipinski definition) is 2. The van der Waals surface area contributed by atoms with Gasteiger partial charge in [0.2, 0.25) is 0 Å². The van der Waals surface area contributed by atoms with Gasteiger partial charge in [0, 0.05) is 15.3 Å². The second kappa shape index (κ2) is 3.66. The maximum atomic E-state index is 10.6. The lowest BCUT2D eigenvalue weighted by atomic mass is 10.2. The summed E-state index contributed by atoms with van der Waals surface area (Å²) < 4.78 is 4.51. The first-order chi connectivity index (χ1) is 3.48. The molecule has 0 saturated carbocycles. The maximum absolute atomic E-state index is 10.6. The van der Waals surface area contributed by atoms with E-state index >= 15 is 0 Å². The van der Waals surface area contributed by atoms with Crippen molar-refractivity contribution in [2.75, 3.05) is 7.11 Å². The minimum atomic E-state index is -0.214. The molecule has 0 aliphatic heterocycles. The fourth-order valence-corrected chi connectivity index (χ4v) is 0.510. The number of carbonyl (C=O) groups excluding carboxylic acids is 1. The van der Waals surface area contributed by atoms with E-state index in [1.54, 1.807) is 0 Å². The van der Waals surface area contributed by atoms with Crippen LogP contribution in [0.2, 0.25) is 5.04 Å². The third kappa shape index (κ3) is 4.21. The van der Waals surface area contributed by atoms with E-state index < -0.39 is 0 Å². The number of esters is 1. The van der Waals surface area contributed by atoms with E-state index in [0.29, 0.717) is 0 Å². The molecule has 0 aromatic rings. The summed E-state index contributed by atoms with van der Waals surface area (Å²) in [6, 6.07) is 0. The van der Waals surface area contributed by atoms with Crippen molar-refractivity contribution in [2.45, 2.75) is 26.3 Å². The van der Waals surface area contributed by atoms with Gasteiger partial charge in [-0.25, -0.2) is 0 Å². The van der Waals surface area contributed by atoms with Crippen molar-refractivity contribution in [1.82, 2.24) is 0 Å². The highest BCUT2D eigenvalue weighted by Crippen LogP contribution is 2.18. The molecule has 0 saturated heterocycles. The Bertz CT molecular complexity index is 93.7. The Morgan fingerprint density at radius 1 is 1.56 bits per heavy atom. The highest BCUT2D eigenvalue weighted by molar-refractivity contribution is 6.26. The molecule has 56 valence electrons. The predicted octanol–water partition coefficient (Wildman–Crippen LogP) is 0.359. The molecule has 0 bridgehead atoms. The van der Waals surface area contributed by atoms with Crippen molar-refractivity contribution < 1.29 is 9.53 Å². The Morgan fingerprint density at radius 2 is 1.89 bits per heavy atom. The van der Waals surface area contributed by atoms with E-state index in [4.69, 9.17) is 0 Å². The SMILES string of the molecule is C.COC(=O)C(C)(C)[SiH3]. The Morgan fingerprint density at radius 3 is 1.89 bits per heavy atom. The molecule has 0 fully saturated rings.